The van der Waals surface area contributed by atoms with Crippen LogP contribution in [0.25, 0.3) is 0 Å². The second-order valence-electron chi connectivity index (χ2n) is 6.53. The van der Waals surface area contributed by atoms with Crippen molar-refractivity contribution in [3.05, 3.63) is 0 Å². The third-order valence-corrected chi connectivity index (χ3v) is 4.95. The monoisotopic (exact) mass is 296 g/mol. The van der Waals surface area contributed by atoms with Crippen LogP contribution in [0.15, 0.2) is 0 Å². The summed E-state index contributed by atoms with van der Waals surface area (Å²) in [6.07, 6.45) is 6.66. The first kappa shape index (κ1) is 16.1. The Kier molecular flexibility index (Phi) is 5.88. The maximum absolute atomic E-state index is 12.6. The molecule has 2 unspecified atom stereocenters. The standard InChI is InChI=1S/C16H28N2O3/c1-2-13-5-3-8-17(10-7-13)16(21)18-9-4-6-14(12-18)11-15(19)20/h13-14H,2-12H2,1H3,(H,19,20). The molecule has 2 amide bonds. The fourth-order valence-electron chi connectivity index (χ4n) is 3.62. The highest BCUT2D eigenvalue weighted by Crippen LogP contribution is 2.24. The Morgan fingerprint density at radius 3 is 2.33 bits per heavy atom. The highest BCUT2D eigenvalue weighted by atomic mass is 16.4. The number of urea groups is 1. The van der Waals surface area contributed by atoms with Crippen molar-refractivity contribution in [2.45, 2.75) is 51.9 Å². The van der Waals surface area contributed by atoms with Crippen LogP contribution in [0.5, 0.6) is 0 Å². The predicted molar refractivity (Wildman–Crippen MR) is 81.2 cm³/mol. The summed E-state index contributed by atoms with van der Waals surface area (Å²) in [5.74, 6) is 0.120. The summed E-state index contributed by atoms with van der Waals surface area (Å²) >= 11 is 0. The van der Waals surface area contributed by atoms with E-state index in [1.807, 2.05) is 9.80 Å². The molecule has 0 spiro atoms. The second kappa shape index (κ2) is 7.66. The average Bonchev–Trinajstić information content (AvgIpc) is 2.71. The van der Waals surface area contributed by atoms with E-state index in [1.54, 1.807) is 0 Å². The number of carboxylic acids is 1. The van der Waals surface area contributed by atoms with E-state index in [2.05, 4.69) is 6.92 Å². The first-order valence-corrected chi connectivity index (χ1v) is 8.35. The first-order valence-electron chi connectivity index (χ1n) is 8.35. The van der Waals surface area contributed by atoms with Gasteiger partial charge in [-0.15, -0.1) is 0 Å². The van der Waals surface area contributed by atoms with Gasteiger partial charge in [0.25, 0.3) is 0 Å². The quantitative estimate of drug-likeness (QED) is 0.871. The van der Waals surface area contributed by atoms with Crippen molar-refractivity contribution in [1.29, 1.82) is 0 Å². The van der Waals surface area contributed by atoms with Crippen LogP contribution in [0, 0.1) is 11.8 Å². The van der Waals surface area contributed by atoms with E-state index in [9.17, 15) is 9.59 Å². The number of hydrogen-bond donors (Lipinski definition) is 1. The van der Waals surface area contributed by atoms with Crippen LogP contribution >= 0.6 is 0 Å². The second-order valence-corrected chi connectivity index (χ2v) is 6.53. The molecule has 1 N–H and O–H groups in total. The largest absolute Gasteiger partial charge is 0.481 e. The molecule has 2 atom stereocenters. The summed E-state index contributed by atoms with van der Waals surface area (Å²) in [6, 6.07) is 0.127. The maximum Gasteiger partial charge on any atom is 0.320 e. The molecule has 2 rings (SSSR count). The molecule has 0 saturated carbocycles. The molecule has 0 bridgehead atoms. The van der Waals surface area contributed by atoms with Gasteiger partial charge in [0.1, 0.15) is 0 Å². The predicted octanol–water partition coefficient (Wildman–Crippen LogP) is 2.81. The molecule has 21 heavy (non-hydrogen) atoms. The normalized spacial score (nSPS) is 27.3. The molecular weight excluding hydrogens is 268 g/mol. The molecule has 2 heterocycles. The van der Waals surface area contributed by atoms with Crippen molar-refractivity contribution in [2.75, 3.05) is 26.2 Å². The van der Waals surface area contributed by atoms with Gasteiger partial charge in [-0.3, -0.25) is 4.79 Å². The van der Waals surface area contributed by atoms with Crippen molar-refractivity contribution in [2.24, 2.45) is 11.8 Å². The number of nitrogens with zero attached hydrogens (tertiary/aromatic N) is 2. The van der Waals surface area contributed by atoms with Crippen LogP contribution in [-0.2, 0) is 4.79 Å². The lowest BCUT2D eigenvalue weighted by Crippen LogP contribution is -2.48. The Balaban J connectivity index is 1.88. The molecule has 2 aliphatic rings. The molecule has 5 heteroatoms. The van der Waals surface area contributed by atoms with Crippen LogP contribution in [0.4, 0.5) is 4.79 Å². The van der Waals surface area contributed by atoms with Gasteiger partial charge in [0.15, 0.2) is 0 Å². The minimum atomic E-state index is -0.755. The van der Waals surface area contributed by atoms with E-state index in [0.717, 1.165) is 51.2 Å². The molecule has 2 fully saturated rings. The first-order chi connectivity index (χ1) is 10.1. The molecule has 0 aromatic heterocycles. The summed E-state index contributed by atoms with van der Waals surface area (Å²) in [7, 11) is 0. The van der Waals surface area contributed by atoms with Gasteiger partial charge >= 0.3 is 12.0 Å². The zero-order valence-electron chi connectivity index (χ0n) is 13.1. The number of carbonyl (C=O) groups is 2. The van der Waals surface area contributed by atoms with E-state index in [-0.39, 0.29) is 18.4 Å². The summed E-state index contributed by atoms with van der Waals surface area (Å²) in [5, 5.41) is 8.92. The van der Waals surface area contributed by atoms with Crippen molar-refractivity contribution >= 4 is 12.0 Å². The third-order valence-electron chi connectivity index (χ3n) is 4.95. The minimum Gasteiger partial charge on any atom is -0.481 e. The van der Waals surface area contributed by atoms with Crippen molar-refractivity contribution in [3.63, 3.8) is 0 Å². The molecule has 0 aliphatic carbocycles. The van der Waals surface area contributed by atoms with Gasteiger partial charge in [-0.2, -0.15) is 0 Å². The Hall–Kier alpha value is -1.26. The van der Waals surface area contributed by atoms with Crippen LogP contribution in [-0.4, -0.2) is 53.1 Å². The van der Waals surface area contributed by atoms with Crippen LogP contribution in [0.1, 0.15) is 51.9 Å². The number of hydrogen-bond acceptors (Lipinski definition) is 2. The zero-order valence-corrected chi connectivity index (χ0v) is 13.1. The van der Waals surface area contributed by atoms with Gasteiger partial charge in [0.2, 0.25) is 0 Å². The van der Waals surface area contributed by atoms with E-state index in [1.165, 1.54) is 12.8 Å². The highest BCUT2D eigenvalue weighted by molar-refractivity contribution is 5.75. The smallest absolute Gasteiger partial charge is 0.320 e. The molecule has 2 saturated heterocycles. The van der Waals surface area contributed by atoms with Crippen molar-refractivity contribution in [3.8, 4) is 0 Å². The van der Waals surface area contributed by atoms with Crippen LogP contribution < -0.4 is 0 Å². The summed E-state index contributed by atoms with van der Waals surface area (Å²) in [4.78, 5) is 27.3. The van der Waals surface area contributed by atoms with E-state index in [4.69, 9.17) is 5.11 Å². The number of amides is 2. The number of carboxylic acid groups (broad SMARTS) is 1. The van der Waals surface area contributed by atoms with Gasteiger partial charge in [-0.25, -0.2) is 4.79 Å². The molecule has 0 aromatic rings. The molecular formula is C16H28N2O3. The Morgan fingerprint density at radius 2 is 1.67 bits per heavy atom. The molecule has 0 radical (unpaired) electrons. The van der Waals surface area contributed by atoms with Gasteiger partial charge in [0, 0.05) is 32.6 Å². The fourth-order valence-corrected chi connectivity index (χ4v) is 3.62. The lowest BCUT2D eigenvalue weighted by molar-refractivity contribution is -0.138. The third kappa shape index (κ3) is 4.61. The number of piperidine rings is 1. The van der Waals surface area contributed by atoms with Gasteiger partial charge in [0.05, 0.1) is 0 Å². The summed E-state index contributed by atoms with van der Waals surface area (Å²) in [6.45, 7) is 5.33. The van der Waals surface area contributed by atoms with Gasteiger partial charge in [-0.05, 0) is 43.9 Å². The molecule has 120 valence electrons. The average molecular weight is 296 g/mol. The Morgan fingerprint density at radius 1 is 1.00 bits per heavy atom. The van der Waals surface area contributed by atoms with Crippen LogP contribution in [0.3, 0.4) is 0 Å². The Bertz CT molecular complexity index is 373. The van der Waals surface area contributed by atoms with Gasteiger partial charge in [-0.1, -0.05) is 13.3 Å². The lowest BCUT2D eigenvalue weighted by atomic mass is 9.95. The Labute approximate surface area is 127 Å². The van der Waals surface area contributed by atoms with Crippen LogP contribution in [0.2, 0.25) is 0 Å². The topological polar surface area (TPSA) is 60.9 Å². The zero-order chi connectivity index (χ0) is 15.2. The SMILES string of the molecule is CCC1CCCN(C(=O)N2CCCC(CC(=O)O)C2)CC1. The number of likely N-dealkylation sites (tertiary alicyclic amines) is 2. The molecule has 2 aliphatic heterocycles. The van der Waals surface area contributed by atoms with E-state index in [0.29, 0.717) is 6.54 Å². The summed E-state index contributed by atoms with van der Waals surface area (Å²) in [5.41, 5.74) is 0. The van der Waals surface area contributed by atoms with E-state index >= 15 is 0 Å². The number of carbonyl (C=O) groups excluding carboxylic acids is 1. The summed E-state index contributed by atoms with van der Waals surface area (Å²) < 4.78 is 0. The number of aliphatic carboxylic acids is 1. The van der Waals surface area contributed by atoms with Crippen molar-refractivity contribution < 1.29 is 14.7 Å². The molecule has 0 aromatic carbocycles. The molecule has 5 nitrogen and oxygen atoms in total. The minimum absolute atomic E-state index is 0.121. The van der Waals surface area contributed by atoms with Gasteiger partial charge < -0.3 is 14.9 Å². The maximum atomic E-state index is 12.6. The van der Waals surface area contributed by atoms with E-state index < -0.39 is 5.97 Å². The van der Waals surface area contributed by atoms with Crippen molar-refractivity contribution in [1.82, 2.24) is 9.80 Å². The lowest BCUT2D eigenvalue weighted by Gasteiger charge is -2.35. The highest BCUT2D eigenvalue weighted by Gasteiger charge is 2.29. The fraction of sp³-hybridized carbons (Fsp3) is 0.875. The number of rotatable bonds is 3.